The summed E-state index contributed by atoms with van der Waals surface area (Å²) in [5.41, 5.74) is 7.76. The fraction of sp³-hybridized carbons (Fsp3) is 0.462. The molecule has 1 aromatic rings. The maximum Gasteiger partial charge on any atom is 0.169 e. The molecule has 6 heteroatoms. The van der Waals surface area contributed by atoms with Crippen LogP contribution in [0, 0.1) is 0 Å². The number of hydrazone groups is 1. The second-order valence-corrected chi connectivity index (χ2v) is 4.57. The molecule has 0 saturated heterocycles. The van der Waals surface area contributed by atoms with Gasteiger partial charge in [0.25, 0.3) is 0 Å². The molecule has 1 aromatic carbocycles. The highest BCUT2D eigenvalue weighted by Gasteiger charge is 2.17. The summed E-state index contributed by atoms with van der Waals surface area (Å²) >= 11 is 0. The van der Waals surface area contributed by atoms with Gasteiger partial charge < -0.3 is 16.7 Å². The van der Waals surface area contributed by atoms with E-state index in [1.807, 2.05) is 0 Å². The zero-order valence-electron chi connectivity index (χ0n) is 11.5. The van der Waals surface area contributed by atoms with Gasteiger partial charge >= 0.3 is 0 Å². The molecule has 1 unspecified atom stereocenters. The number of hydrogen-bond donors (Lipinski definition) is 4. The van der Waals surface area contributed by atoms with Gasteiger partial charge in [0.15, 0.2) is 5.84 Å². The number of nitrogens with two attached hydrogens (primary N) is 3. The van der Waals surface area contributed by atoms with Gasteiger partial charge in [-0.1, -0.05) is 25.8 Å². The second kappa shape index (κ2) is 6.96. The first kappa shape index (κ1) is 15.3. The van der Waals surface area contributed by atoms with Crippen molar-refractivity contribution in [2.24, 2.45) is 16.8 Å². The monoisotopic (exact) mass is 265 g/mol. The number of rotatable bonds is 5. The quantitative estimate of drug-likeness (QED) is 0.208. The first-order valence-electron chi connectivity index (χ1n) is 6.35. The van der Waals surface area contributed by atoms with Gasteiger partial charge in [0.05, 0.1) is 6.10 Å². The van der Waals surface area contributed by atoms with E-state index in [1.165, 1.54) is 5.01 Å². The number of anilines is 1. The summed E-state index contributed by atoms with van der Waals surface area (Å²) in [5, 5.41) is 15.2. The van der Waals surface area contributed by atoms with E-state index in [0.29, 0.717) is 23.5 Å². The second-order valence-electron chi connectivity index (χ2n) is 4.57. The minimum Gasteiger partial charge on any atom is -0.399 e. The number of amidine groups is 1. The fourth-order valence-corrected chi connectivity index (χ4v) is 1.96. The van der Waals surface area contributed by atoms with Crippen LogP contribution in [0.4, 0.5) is 5.69 Å². The standard InChI is InChI=1S/C13H23N5O/c1-3-4-5-12(19)10-7-6-9(14)8-11(10)13(17-15)18(2)16/h6-8,12,19H,3-5,14-16H2,1-2H3/b17-13-. The van der Waals surface area contributed by atoms with Crippen molar-refractivity contribution in [2.75, 3.05) is 12.8 Å². The normalized spacial score (nSPS) is 13.4. The first-order valence-corrected chi connectivity index (χ1v) is 6.35. The van der Waals surface area contributed by atoms with E-state index in [2.05, 4.69) is 12.0 Å². The SMILES string of the molecule is CCCCC(O)c1ccc(N)cc1/C(=N/N)N(C)N. The third-order valence-electron chi connectivity index (χ3n) is 2.96. The van der Waals surface area contributed by atoms with E-state index in [4.69, 9.17) is 17.4 Å². The lowest BCUT2D eigenvalue weighted by Crippen LogP contribution is -2.35. The van der Waals surface area contributed by atoms with Crippen molar-refractivity contribution in [2.45, 2.75) is 32.3 Å². The van der Waals surface area contributed by atoms with Crippen molar-refractivity contribution in [3.8, 4) is 0 Å². The Morgan fingerprint density at radius 1 is 1.47 bits per heavy atom. The molecule has 6 nitrogen and oxygen atoms in total. The molecule has 1 atom stereocenters. The molecule has 1 rings (SSSR count). The molecule has 0 saturated carbocycles. The largest absolute Gasteiger partial charge is 0.399 e. The third kappa shape index (κ3) is 3.84. The van der Waals surface area contributed by atoms with Crippen molar-refractivity contribution < 1.29 is 5.11 Å². The molecular formula is C13H23N5O. The maximum absolute atomic E-state index is 10.3. The molecule has 0 amide bonds. The molecule has 0 heterocycles. The van der Waals surface area contributed by atoms with Crippen LogP contribution in [0.2, 0.25) is 0 Å². The van der Waals surface area contributed by atoms with Gasteiger partial charge in [-0.25, -0.2) is 5.84 Å². The van der Waals surface area contributed by atoms with E-state index >= 15 is 0 Å². The van der Waals surface area contributed by atoms with Crippen LogP contribution >= 0.6 is 0 Å². The lowest BCUT2D eigenvalue weighted by Gasteiger charge is -2.20. The summed E-state index contributed by atoms with van der Waals surface area (Å²) in [6, 6.07) is 5.26. The van der Waals surface area contributed by atoms with Crippen molar-refractivity contribution in [1.29, 1.82) is 0 Å². The number of hydrazine groups is 1. The minimum absolute atomic E-state index is 0.387. The van der Waals surface area contributed by atoms with Crippen LogP contribution in [-0.2, 0) is 0 Å². The van der Waals surface area contributed by atoms with Gasteiger partial charge in [-0.15, -0.1) is 0 Å². The highest BCUT2D eigenvalue weighted by molar-refractivity contribution is 6.00. The molecule has 7 N–H and O–H groups in total. The lowest BCUT2D eigenvalue weighted by molar-refractivity contribution is 0.164. The summed E-state index contributed by atoms with van der Waals surface area (Å²) < 4.78 is 0. The molecule has 0 radical (unpaired) electrons. The van der Waals surface area contributed by atoms with Crippen LogP contribution in [-0.4, -0.2) is 23.0 Å². The summed E-state index contributed by atoms with van der Waals surface area (Å²) in [5.74, 6) is 11.5. The number of nitrogen functional groups attached to an aromatic ring is 1. The molecule has 0 aromatic heterocycles. The van der Waals surface area contributed by atoms with Gasteiger partial charge in [-0.3, -0.25) is 5.01 Å². The van der Waals surface area contributed by atoms with E-state index in [0.717, 1.165) is 18.4 Å². The zero-order valence-corrected chi connectivity index (χ0v) is 11.5. The van der Waals surface area contributed by atoms with Crippen molar-refractivity contribution in [1.82, 2.24) is 5.01 Å². The van der Waals surface area contributed by atoms with Crippen LogP contribution in [0.25, 0.3) is 0 Å². The molecule has 0 aliphatic carbocycles. The highest BCUT2D eigenvalue weighted by Crippen LogP contribution is 2.25. The number of nitrogens with zero attached hydrogens (tertiary/aromatic N) is 2. The fourth-order valence-electron chi connectivity index (χ4n) is 1.96. The number of aliphatic hydroxyl groups is 1. The molecule has 19 heavy (non-hydrogen) atoms. The van der Waals surface area contributed by atoms with E-state index < -0.39 is 6.10 Å². The molecule has 0 fully saturated rings. The minimum atomic E-state index is -0.577. The van der Waals surface area contributed by atoms with Gasteiger partial charge in [0.2, 0.25) is 0 Å². The molecule has 0 aliphatic heterocycles. The maximum atomic E-state index is 10.3. The Morgan fingerprint density at radius 3 is 2.68 bits per heavy atom. The molecule has 0 spiro atoms. The Bertz CT molecular complexity index is 445. The Labute approximate surface area is 113 Å². The van der Waals surface area contributed by atoms with Crippen molar-refractivity contribution in [3.05, 3.63) is 29.3 Å². The first-order chi connectivity index (χ1) is 9.01. The molecule has 0 aliphatic rings. The molecular weight excluding hydrogens is 242 g/mol. The van der Waals surface area contributed by atoms with Crippen LogP contribution in [0.15, 0.2) is 23.3 Å². The third-order valence-corrected chi connectivity index (χ3v) is 2.96. The average molecular weight is 265 g/mol. The van der Waals surface area contributed by atoms with Gasteiger partial charge in [-0.05, 0) is 24.1 Å². The summed E-state index contributed by atoms with van der Waals surface area (Å²) in [7, 11) is 1.64. The van der Waals surface area contributed by atoms with Crippen LogP contribution in [0.1, 0.15) is 43.4 Å². The summed E-state index contributed by atoms with van der Waals surface area (Å²) in [4.78, 5) is 0. The summed E-state index contributed by atoms with van der Waals surface area (Å²) in [6.07, 6.45) is 2.07. The number of hydrogen-bond acceptors (Lipinski definition) is 5. The van der Waals surface area contributed by atoms with Crippen molar-refractivity contribution in [3.63, 3.8) is 0 Å². The number of benzene rings is 1. The van der Waals surface area contributed by atoms with Gasteiger partial charge in [0, 0.05) is 18.3 Å². The number of unbranched alkanes of at least 4 members (excludes halogenated alkanes) is 1. The van der Waals surface area contributed by atoms with Gasteiger partial charge in [-0.2, -0.15) is 5.10 Å². The zero-order chi connectivity index (χ0) is 14.4. The summed E-state index contributed by atoms with van der Waals surface area (Å²) in [6.45, 7) is 2.08. The average Bonchev–Trinajstić information content (AvgIpc) is 2.36. The highest BCUT2D eigenvalue weighted by atomic mass is 16.3. The van der Waals surface area contributed by atoms with E-state index in [-0.39, 0.29) is 0 Å². The van der Waals surface area contributed by atoms with E-state index in [9.17, 15) is 5.11 Å². The number of aliphatic hydroxyl groups excluding tert-OH is 1. The van der Waals surface area contributed by atoms with E-state index in [1.54, 1.807) is 25.2 Å². The van der Waals surface area contributed by atoms with Crippen molar-refractivity contribution >= 4 is 11.5 Å². The molecule has 106 valence electrons. The Balaban J connectivity index is 3.17. The predicted octanol–water partition coefficient (Wildman–Crippen LogP) is 0.918. The van der Waals surface area contributed by atoms with Gasteiger partial charge in [0.1, 0.15) is 0 Å². The Hall–Kier alpha value is -1.79. The smallest absolute Gasteiger partial charge is 0.169 e. The van der Waals surface area contributed by atoms with Crippen LogP contribution in [0.3, 0.4) is 0 Å². The molecule has 0 bridgehead atoms. The lowest BCUT2D eigenvalue weighted by atomic mass is 9.97. The topological polar surface area (TPSA) is 114 Å². The Kier molecular flexibility index (Phi) is 5.59. The predicted molar refractivity (Wildman–Crippen MR) is 78.0 cm³/mol. The van der Waals surface area contributed by atoms with Crippen LogP contribution in [0.5, 0.6) is 0 Å². The van der Waals surface area contributed by atoms with Crippen LogP contribution < -0.4 is 17.4 Å². The Morgan fingerprint density at radius 2 is 2.16 bits per heavy atom.